The monoisotopic (exact) mass is 894 g/mol. The van der Waals surface area contributed by atoms with Gasteiger partial charge >= 0.3 is 6.09 Å². The topological polar surface area (TPSA) is 195 Å². The molecule has 15 nitrogen and oxygen atoms in total. The maximum atomic E-state index is 15.1. The van der Waals surface area contributed by atoms with Crippen LogP contribution in [0.3, 0.4) is 0 Å². The summed E-state index contributed by atoms with van der Waals surface area (Å²) in [5, 5.41) is 9.01. The first-order valence-corrected chi connectivity index (χ1v) is 23.4. The number of alkyl carbamates (subject to hydrolysis) is 1. The highest BCUT2D eigenvalue weighted by Gasteiger charge is 2.65. The molecule has 4 amide bonds. The molecule has 17 heteroatoms. The number of fused-ring (bicyclic) bond motifs is 1. The van der Waals surface area contributed by atoms with Crippen LogP contribution in [-0.2, 0) is 29.1 Å². The van der Waals surface area contributed by atoms with E-state index in [4.69, 9.17) is 24.2 Å². The van der Waals surface area contributed by atoms with E-state index in [0.29, 0.717) is 45.9 Å². The van der Waals surface area contributed by atoms with Crippen molar-refractivity contribution >= 4 is 56.1 Å². The van der Waals surface area contributed by atoms with Gasteiger partial charge in [-0.3, -0.25) is 19.1 Å². The number of thiazole rings is 1. The number of hydrogen-bond donors (Lipinski definition) is 3. The summed E-state index contributed by atoms with van der Waals surface area (Å²) in [6.45, 7) is 25.5. The van der Waals surface area contributed by atoms with Crippen LogP contribution in [0, 0.1) is 23.7 Å². The number of methoxy groups -OCH3 is 1. The molecule has 0 bridgehead atoms. The molecule has 2 aliphatic carbocycles. The van der Waals surface area contributed by atoms with Crippen molar-refractivity contribution in [1.29, 1.82) is 0 Å². The number of carbonyl (C=O) groups excluding carboxylic acids is 4. The lowest BCUT2D eigenvalue weighted by molar-refractivity contribution is -0.145. The van der Waals surface area contributed by atoms with Gasteiger partial charge in [-0.05, 0) is 77.3 Å². The van der Waals surface area contributed by atoms with Crippen LogP contribution in [-0.4, -0.2) is 94.8 Å². The van der Waals surface area contributed by atoms with Crippen LogP contribution in [0.4, 0.5) is 4.79 Å². The lowest BCUT2D eigenvalue weighted by atomic mass is 9.81. The highest BCUT2D eigenvalue weighted by Crippen LogP contribution is 2.49. The lowest BCUT2D eigenvalue weighted by Gasteiger charge is -2.38. The van der Waals surface area contributed by atoms with Crippen LogP contribution < -0.4 is 24.8 Å². The number of benzene rings is 1. The zero-order chi connectivity index (χ0) is 46.1. The molecule has 3 aromatic rings. The summed E-state index contributed by atoms with van der Waals surface area (Å²) >= 11 is 1.46. The number of nitrogens with one attached hydrogen (secondary N) is 3. The van der Waals surface area contributed by atoms with Gasteiger partial charge in [-0.2, -0.15) is 0 Å². The molecule has 6 rings (SSSR count). The Morgan fingerprint density at radius 2 is 1.69 bits per heavy atom. The van der Waals surface area contributed by atoms with Crippen molar-refractivity contribution in [1.82, 2.24) is 30.2 Å². The average molecular weight is 895 g/mol. The van der Waals surface area contributed by atoms with Gasteiger partial charge in [0, 0.05) is 33.7 Å². The molecule has 2 aromatic heterocycles. The second-order valence-electron chi connectivity index (χ2n) is 20.2. The highest BCUT2D eigenvalue weighted by molar-refractivity contribution is 7.91. The van der Waals surface area contributed by atoms with Crippen LogP contribution in [0.5, 0.6) is 11.5 Å². The van der Waals surface area contributed by atoms with E-state index in [9.17, 15) is 18.0 Å². The van der Waals surface area contributed by atoms with Crippen LogP contribution in [0.15, 0.2) is 36.2 Å². The van der Waals surface area contributed by atoms with Gasteiger partial charge in [0.15, 0.2) is 0 Å². The number of nitrogens with zero attached hydrogens (tertiary/aromatic N) is 3. The summed E-state index contributed by atoms with van der Waals surface area (Å²) in [4.78, 5) is 68.6. The van der Waals surface area contributed by atoms with Gasteiger partial charge in [0.1, 0.15) is 51.5 Å². The molecule has 0 spiro atoms. The first-order chi connectivity index (χ1) is 28.6. The molecule has 1 aliphatic heterocycles. The molecule has 3 aliphatic rings. The van der Waals surface area contributed by atoms with E-state index in [2.05, 4.69) is 35.8 Å². The van der Waals surface area contributed by atoms with Crippen LogP contribution in [0.2, 0.25) is 0 Å². The number of likely N-dealkylation sites (tertiary alicyclic amines) is 1. The standard InChI is InChI=1S/C45H62N6O9S2/c1-15-26-21-45(26,39(54)50-62(56,57)44(13)18-19-44)49-36(52)35-43(11,12)32(22-51(35)38(53)34(41(5,6)7)48-40(55)60-42(8,9)10)59-31-20-28(37-47-29(23-61-37)24(2)3)46-33-25(4)30(58-14)17-16-27(31)33/h15-17,20,23-24,26,32,34-35H,1,18-19,21-22H2,2-14H3,(H,48,55)(H,49,52)(H,50,54)/t26-,32+,34+,35-,45-/m1/s1. The summed E-state index contributed by atoms with van der Waals surface area (Å²) in [6, 6.07) is 3.04. The Bertz CT molecular complexity index is 2410. The van der Waals surface area contributed by atoms with Crippen LogP contribution in [0.25, 0.3) is 21.6 Å². The Balaban J connectivity index is 1.43. The molecule has 1 saturated heterocycles. The quantitative estimate of drug-likeness (QED) is 0.153. The molecule has 1 aromatic carbocycles. The Labute approximate surface area is 369 Å². The molecule has 0 radical (unpaired) electrons. The number of amides is 4. The third kappa shape index (κ3) is 8.88. The lowest BCUT2D eigenvalue weighted by Crippen LogP contribution is -2.62. The van der Waals surface area contributed by atoms with Gasteiger partial charge in [0.25, 0.3) is 5.91 Å². The average Bonchev–Trinajstić information content (AvgIpc) is 3.99. The Morgan fingerprint density at radius 3 is 2.23 bits per heavy atom. The second-order valence-corrected chi connectivity index (χ2v) is 23.2. The fraction of sp³-hybridized carbons (Fsp3) is 0.600. The SMILES string of the molecule is C=C[C@@H]1C[C@]1(NC(=O)[C@H]1N(C(=O)[C@H](NC(=O)OC(C)(C)C)C(C)(C)C)C[C@H](Oc2cc(-c3nc(C(C)C)cs3)nc3c(C)c(OC)ccc23)C1(C)C)C(=O)NS(=O)(=O)C1(C)CC1. The smallest absolute Gasteiger partial charge is 0.408 e. The third-order valence-electron chi connectivity index (χ3n) is 12.4. The zero-order valence-corrected chi connectivity index (χ0v) is 39.8. The van der Waals surface area contributed by atoms with E-state index in [1.54, 1.807) is 69.4 Å². The number of pyridine rings is 1. The van der Waals surface area contributed by atoms with Gasteiger partial charge in [0.05, 0.1) is 29.6 Å². The maximum absolute atomic E-state index is 15.1. The maximum Gasteiger partial charge on any atom is 0.408 e. The fourth-order valence-electron chi connectivity index (χ4n) is 7.96. The zero-order valence-electron chi connectivity index (χ0n) is 38.1. The number of aryl methyl sites for hydroxylation is 1. The van der Waals surface area contributed by atoms with Crippen molar-refractivity contribution in [2.75, 3.05) is 13.7 Å². The molecular weight excluding hydrogens is 833 g/mol. The molecule has 5 atom stereocenters. The summed E-state index contributed by atoms with van der Waals surface area (Å²) in [6.07, 6.45) is 0.778. The van der Waals surface area contributed by atoms with Gasteiger partial charge < -0.3 is 29.7 Å². The van der Waals surface area contributed by atoms with Crippen molar-refractivity contribution in [3.05, 3.63) is 47.5 Å². The molecule has 3 fully saturated rings. The third-order valence-corrected chi connectivity index (χ3v) is 15.4. The minimum atomic E-state index is -4.05. The Morgan fingerprint density at radius 1 is 1.03 bits per heavy atom. The summed E-state index contributed by atoms with van der Waals surface area (Å²) in [5.41, 5.74) is -1.63. The second kappa shape index (κ2) is 16.1. The minimum absolute atomic E-state index is 0.105. The normalized spacial score (nSPS) is 23.3. The van der Waals surface area contributed by atoms with Crippen LogP contribution >= 0.6 is 11.3 Å². The van der Waals surface area contributed by atoms with Crippen LogP contribution in [0.1, 0.15) is 113 Å². The number of rotatable bonds is 13. The molecule has 0 unspecified atom stereocenters. The summed E-state index contributed by atoms with van der Waals surface area (Å²) in [7, 11) is -2.46. The Kier molecular flexibility index (Phi) is 12.1. The van der Waals surface area contributed by atoms with Crippen molar-refractivity contribution < 1.29 is 41.8 Å². The van der Waals surface area contributed by atoms with Crippen molar-refractivity contribution in [3.63, 3.8) is 0 Å². The molecule has 62 heavy (non-hydrogen) atoms. The minimum Gasteiger partial charge on any atom is -0.496 e. The number of aromatic nitrogens is 2. The number of ether oxygens (including phenoxy) is 3. The number of carbonyl (C=O) groups is 4. The van der Waals surface area contributed by atoms with E-state index in [0.717, 1.165) is 11.3 Å². The van der Waals surface area contributed by atoms with E-state index in [1.165, 1.54) is 22.3 Å². The molecule has 338 valence electrons. The van der Waals surface area contributed by atoms with Crippen molar-refractivity contribution in [3.8, 4) is 22.2 Å². The number of sulfonamides is 1. The van der Waals surface area contributed by atoms with Crippen molar-refractivity contribution in [2.45, 2.75) is 142 Å². The van der Waals surface area contributed by atoms with E-state index >= 15 is 9.59 Å². The molecule has 3 N–H and O–H groups in total. The van der Waals surface area contributed by atoms with E-state index < -0.39 is 84.7 Å². The first kappa shape index (κ1) is 46.7. The van der Waals surface area contributed by atoms with Crippen molar-refractivity contribution in [2.24, 2.45) is 16.7 Å². The molecular formula is C45H62N6O9S2. The van der Waals surface area contributed by atoms with Gasteiger partial charge in [0.2, 0.25) is 21.8 Å². The molecule has 3 heterocycles. The largest absolute Gasteiger partial charge is 0.496 e. The number of hydrogen-bond acceptors (Lipinski definition) is 12. The first-order valence-electron chi connectivity index (χ1n) is 21.0. The fourth-order valence-corrected chi connectivity index (χ4v) is 10.2. The Hall–Kier alpha value is -4.77. The van der Waals surface area contributed by atoms with E-state index in [1.807, 2.05) is 30.5 Å². The predicted octanol–water partition coefficient (Wildman–Crippen LogP) is 6.78. The van der Waals surface area contributed by atoms with Gasteiger partial charge in [-0.1, -0.05) is 54.5 Å². The molecule has 2 saturated carbocycles. The van der Waals surface area contributed by atoms with Gasteiger partial charge in [-0.15, -0.1) is 17.9 Å². The summed E-state index contributed by atoms with van der Waals surface area (Å²) < 4.78 is 45.9. The predicted molar refractivity (Wildman–Crippen MR) is 238 cm³/mol. The van der Waals surface area contributed by atoms with E-state index in [-0.39, 0.29) is 18.9 Å². The van der Waals surface area contributed by atoms with Gasteiger partial charge in [-0.25, -0.2) is 23.2 Å². The summed E-state index contributed by atoms with van der Waals surface area (Å²) in [5.74, 6) is -1.45. The highest BCUT2D eigenvalue weighted by atomic mass is 32.2.